The normalized spacial score (nSPS) is 14.3. The number of halogens is 1. The van der Waals surface area contributed by atoms with Gasteiger partial charge in [-0.05, 0) is 43.9 Å². The standard InChI is InChI=1S/C12H22BrN5O/c1-5-14-10-9(13)11(17-8-16-10)15-6-12(2,19)7-18(3)4/h8,19H,5-7H2,1-4H3,(H2,14,15,16,17). The number of anilines is 2. The Morgan fingerprint density at radius 1 is 1.32 bits per heavy atom. The maximum absolute atomic E-state index is 10.2. The van der Waals surface area contributed by atoms with Crippen LogP contribution in [0, 0.1) is 0 Å². The molecule has 1 heterocycles. The van der Waals surface area contributed by atoms with Crippen molar-refractivity contribution in [1.82, 2.24) is 14.9 Å². The molecule has 0 bridgehead atoms. The van der Waals surface area contributed by atoms with Gasteiger partial charge in [-0.3, -0.25) is 0 Å². The fourth-order valence-corrected chi connectivity index (χ4v) is 2.28. The van der Waals surface area contributed by atoms with E-state index in [1.54, 1.807) is 6.92 Å². The summed E-state index contributed by atoms with van der Waals surface area (Å²) in [6.45, 7) is 5.56. The molecule has 0 aliphatic carbocycles. The largest absolute Gasteiger partial charge is 0.387 e. The van der Waals surface area contributed by atoms with E-state index in [1.165, 1.54) is 6.33 Å². The van der Waals surface area contributed by atoms with E-state index in [9.17, 15) is 5.11 Å². The van der Waals surface area contributed by atoms with Crippen molar-refractivity contribution < 1.29 is 5.11 Å². The van der Waals surface area contributed by atoms with Crippen LogP contribution in [0.2, 0.25) is 0 Å². The number of nitrogens with one attached hydrogen (secondary N) is 2. The van der Waals surface area contributed by atoms with E-state index in [-0.39, 0.29) is 0 Å². The predicted molar refractivity (Wildman–Crippen MR) is 81.6 cm³/mol. The van der Waals surface area contributed by atoms with E-state index < -0.39 is 5.60 Å². The topological polar surface area (TPSA) is 73.3 Å². The molecule has 0 aromatic carbocycles. The molecule has 0 amide bonds. The Balaban J connectivity index is 2.70. The van der Waals surface area contributed by atoms with E-state index in [1.807, 2.05) is 25.9 Å². The minimum Gasteiger partial charge on any atom is -0.387 e. The third-order valence-electron chi connectivity index (χ3n) is 2.43. The zero-order chi connectivity index (χ0) is 14.5. The maximum Gasteiger partial charge on any atom is 0.146 e. The molecule has 1 aromatic heterocycles. The van der Waals surface area contributed by atoms with E-state index in [0.717, 1.165) is 16.8 Å². The van der Waals surface area contributed by atoms with Crippen LogP contribution in [-0.2, 0) is 0 Å². The summed E-state index contributed by atoms with van der Waals surface area (Å²) in [5.41, 5.74) is -0.827. The van der Waals surface area contributed by atoms with Crippen LogP contribution >= 0.6 is 15.9 Å². The summed E-state index contributed by atoms with van der Waals surface area (Å²) >= 11 is 3.46. The predicted octanol–water partition coefficient (Wildman–Crippen LogP) is 1.40. The molecule has 108 valence electrons. The first-order chi connectivity index (χ1) is 8.85. The SMILES string of the molecule is CCNc1ncnc(NCC(C)(O)CN(C)C)c1Br. The molecule has 1 atom stereocenters. The Kier molecular flexibility index (Phi) is 5.96. The third-order valence-corrected chi connectivity index (χ3v) is 3.18. The van der Waals surface area contributed by atoms with Crippen LogP contribution in [0.4, 0.5) is 11.6 Å². The van der Waals surface area contributed by atoms with Gasteiger partial charge >= 0.3 is 0 Å². The zero-order valence-electron chi connectivity index (χ0n) is 11.9. The lowest BCUT2D eigenvalue weighted by molar-refractivity contribution is 0.0459. The highest BCUT2D eigenvalue weighted by Gasteiger charge is 2.22. The average Bonchev–Trinajstić information content (AvgIpc) is 2.29. The summed E-state index contributed by atoms with van der Waals surface area (Å²) in [4.78, 5) is 10.3. The van der Waals surface area contributed by atoms with E-state index >= 15 is 0 Å². The third kappa shape index (κ3) is 5.30. The zero-order valence-corrected chi connectivity index (χ0v) is 13.5. The second kappa shape index (κ2) is 7.02. The number of hydrogen-bond donors (Lipinski definition) is 3. The summed E-state index contributed by atoms with van der Waals surface area (Å²) in [6.07, 6.45) is 1.49. The van der Waals surface area contributed by atoms with Crippen molar-refractivity contribution in [3.05, 3.63) is 10.8 Å². The number of hydrogen-bond acceptors (Lipinski definition) is 6. The van der Waals surface area contributed by atoms with Gasteiger partial charge < -0.3 is 20.6 Å². The van der Waals surface area contributed by atoms with Gasteiger partial charge in [0, 0.05) is 19.6 Å². The molecule has 3 N–H and O–H groups in total. The second-order valence-electron chi connectivity index (χ2n) is 5.00. The Morgan fingerprint density at radius 3 is 2.42 bits per heavy atom. The maximum atomic E-state index is 10.2. The molecule has 7 heteroatoms. The van der Waals surface area contributed by atoms with Crippen LogP contribution in [0.1, 0.15) is 13.8 Å². The molecule has 0 aliphatic heterocycles. The Bertz CT molecular complexity index is 411. The minimum absolute atomic E-state index is 0.409. The van der Waals surface area contributed by atoms with E-state index in [4.69, 9.17) is 0 Å². The highest BCUT2D eigenvalue weighted by molar-refractivity contribution is 9.10. The van der Waals surface area contributed by atoms with E-state index in [0.29, 0.717) is 18.9 Å². The molecule has 19 heavy (non-hydrogen) atoms. The molecule has 0 aliphatic rings. The van der Waals surface area contributed by atoms with Crippen molar-refractivity contribution in [1.29, 1.82) is 0 Å². The molecule has 1 rings (SSSR count). The first-order valence-corrected chi connectivity index (χ1v) is 7.00. The van der Waals surface area contributed by atoms with Crippen LogP contribution in [0.15, 0.2) is 10.8 Å². The van der Waals surface area contributed by atoms with Gasteiger partial charge in [0.05, 0.1) is 5.60 Å². The lowest BCUT2D eigenvalue weighted by Gasteiger charge is -2.27. The lowest BCUT2D eigenvalue weighted by Crippen LogP contribution is -2.43. The second-order valence-corrected chi connectivity index (χ2v) is 5.80. The van der Waals surface area contributed by atoms with Gasteiger partial charge in [-0.1, -0.05) is 0 Å². The summed E-state index contributed by atoms with van der Waals surface area (Å²) in [5.74, 6) is 1.41. The van der Waals surface area contributed by atoms with Gasteiger partial charge in [-0.15, -0.1) is 0 Å². The number of aliphatic hydroxyl groups is 1. The molecule has 0 radical (unpaired) electrons. The Hall–Kier alpha value is -0.920. The van der Waals surface area contributed by atoms with Crippen LogP contribution in [0.3, 0.4) is 0 Å². The summed E-state index contributed by atoms with van der Waals surface area (Å²) in [5, 5.41) is 16.5. The highest BCUT2D eigenvalue weighted by atomic mass is 79.9. The van der Waals surface area contributed by atoms with Crippen molar-refractivity contribution in [3.8, 4) is 0 Å². The number of aromatic nitrogens is 2. The van der Waals surface area contributed by atoms with Crippen molar-refractivity contribution in [2.45, 2.75) is 19.4 Å². The monoisotopic (exact) mass is 331 g/mol. The molecular weight excluding hydrogens is 310 g/mol. The van der Waals surface area contributed by atoms with E-state index in [2.05, 4.69) is 36.5 Å². The number of nitrogens with zero attached hydrogens (tertiary/aromatic N) is 3. The number of likely N-dealkylation sites (N-methyl/N-ethyl adjacent to an activating group) is 1. The van der Waals surface area contributed by atoms with Gasteiger partial charge in [0.2, 0.25) is 0 Å². The van der Waals surface area contributed by atoms with Crippen molar-refractivity contribution in [2.24, 2.45) is 0 Å². The first kappa shape index (κ1) is 16.1. The fourth-order valence-electron chi connectivity index (χ4n) is 1.80. The average molecular weight is 332 g/mol. The Labute approximate surface area is 122 Å². The van der Waals surface area contributed by atoms with Crippen molar-refractivity contribution in [3.63, 3.8) is 0 Å². The fraction of sp³-hybridized carbons (Fsp3) is 0.667. The van der Waals surface area contributed by atoms with Crippen LogP contribution in [0.25, 0.3) is 0 Å². The Morgan fingerprint density at radius 2 is 1.89 bits per heavy atom. The van der Waals surface area contributed by atoms with Gasteiger partial charge in [0.15, 0.2) is 0 Å². The van der Waals surface area contributed by atoms with Gasteiger partial charge in [-0.25, -0.2) is 9.97 Å². The van der Waals surface area contributed by atoms with Crippen LogP contribution in [-0.4, -0.2) is 59.3 Å². The van der Waals surface area contributed by atoms with Gasteiger partial charge in [0.1, 0.15) is 22.4 Å². The smallest absolute Gasteiger partial charge is 0.146 e. The molecule has 0 spiro atoms. The first-order valence-electron chi connectivity index (χ1n) is 6.21. The van der Waals surface area contributed by atoms with Crippen LogP contribution < -0.4 is 10.6 Å². The molecular formula is C12H22BrN5O. The van der Waals surface area contributed by atoms with Crippen LogP contribution in [0.5, 0.6) is 0 Å². The van der Waals surface area contributed by atoms with Gasteiger partial charge in [-0.2, -0.15) is 0 Å². The lowest BCUT2D eigenvalue weighted by atomic mass is 10.1. The summed E-state index contributed by atoms with van der Waals surface area (Å²) < 4.78 is 0.775. The van der Waals surface area contributed by atoms with Crippen molar-refractivity contribution in [2.75, 3.05) is 44.4 Å². The summed E-state index contributed by atoms with van der Waals surface area (Å²) in [7, 11) is 3.86. The molecule has 1 aromatic rings. The number of rotatable bonds is 7. The van der Waals surface area contributed by atoms with Gasteiger partial charge in [0.25, 0.3) is 0 Å². The molecule has 0 saturated heterocycles. The summed E-state index contributed by atoms with van der Waals surface area (Å²) in [6, 6.07) is 0. The molecule has 0 saturated carbocycles. The highest BCUT2D eigenvalue weighted by Crippen LogP contribution is 2.26. The molecule has 1 unspecified atom stereocenters. The molecule has 0 fully saturated rings. The van der Waals surface area contributed by atoms with Crippen molar-refractivity contribution >= 4 is 27.6 Å². The molecule has 6 nitrogen and oxygen atoms in total. The quantitative estimate of drug-likeness (QED) is 0.701. The minimum atomic E-state index is -0.827.